The SMILES string of the molecule is Cl.O=C(c1cnc[nH]1)[C@H]1C[C@H]1NCCc1cnc[nH]1. The van der Waals surface area contributed by atoms with Crippen molar-refractivity contribution in [3.05, 3.63) is 36.4 Å². The fraction of sp³-hybridized carbons (Fsp3) is 0.417. The van der Waals surface area contributed by atoms with Gasteiger partial charge in [-0.2, -0.15) is 0 Å². The molecule has 0 radical (unpaired) electrons. The van der Waals surface area contributed by atoms with Crippen molar-refractivity contribution in [2.45, 2.75) is 18.9 Å². The summed E-state index contributed by atoms with van der Waals surface area (Å²) < 4.78 is 0. The van der Waals surface area contributed by atoms with E-state index in [1.807, 2.05) is 6.20 Å². The van der Waals surface area contributed by atoms with Crippen LogP contribution in [-0.2, 0) is 6.42 Å². The normalized spacial score (nSPS) is 20.8. The Bertz CT molecular complexity index is 510. The van der Waals surface area contributed by atoms with E-state index >= 15 is 0 Å². The lowest BCUT2D eigenvalue weighted by atomic mass is 10.2. The van der Waals surface area contributed by atoms with E-state index in [0.717, 1.165) is 25.1 Å². The summed E-state index contributed by atoms with van der Waals surface area (Å²) in [6.07, 6.45) is 8.44. The standard InChI is InChI=1S/C12H15N5O.ClH/c18-12(11-5-14-7-17-11)9-3-10(9)15-2-1-8-4-13-6-16-8;/h4-7,9-10,15H,1-3H2,(H,13,16)(H,14,17);1H/t9-,10+;/m0./s1. The van der Waals surface area contributed by atoms with Gasteiger partial charge in [-0.3, -0.25) is 4.79 Å². The Hall–Kier alpha value is -1.66. The first-order valence-corrected chi connectivity index (χ1v) is 6.08. The molecule has 0 aromatic carbocycles. The Labute approximate surface area is 116 Å². The minimum atomic E-state index is 0. The molecule has 1 aliphatic carbocycles. The zero-order valence-corrected chi connectivity index (χ0v) is 11.1. The summed E-state index contributed by atoms with van der Waals surface area (Å²) in [5, 5.41) is 3.38. The van der Waals surface area contributed by atoms with Crippen LogP contribution in [0.25, 0.3) is 0 Å². The van der Waals surface area contributed by atoms with Gasteiger partial charge in [0.2, 0.25) is 0 Å². The van der Waals surface area contributed by atoms with Crippen LogP contribution < -0.4 is 5.32 Å². The van der Waals surface area contributed by atoms with Gasteiger partial charge in [0, 0.05) is 36.8 Å². The quantitative estimate of drug-likeness (QED) is 0.688. The van der Waals surface area contributed by atoms with E-state index in [1.165, 1.54) is 6.33 Å². The number of rotatable bonds is 6. The number of aromatic nitrogens is 4. The van der Waals surface area contributed by atoms with Gasteiger partial charge in [-0.25, -0.2) is 9.97 Å². The van der Waals surface area contributed by atoms with Gasteiger partial charge in [-0.05, 0) is 6.42 Å². The van der Waals surface area contributed by atoms with Gasteiger partial charge in [0.1, 0.15) is 5.69 Å². The third kappa shape index (κ3) is 3.21. The second-order valence-electron chi connectivity index (χ2n) is 4.56. The van der Waals surface area contributed by atoms with E-state index in [-0.39, 0.29) is 24.1 Å². The second kappa shape index (κ2) is 5.99. The summed E-state index contributed by atoms with van der Waals surface area (Å²) in [7, 11) is 0. The van der Waals surface area contributed by atoms with Crippen molar-refractivity contribution in [2.75, 3.05) is 6.54 Å². The Morgan fingerprint density at radius 1 is 1.32 bits per heavy atom. The predicted molar refractivity (Wildman–Crippen MR) is 72.4 cm³/mol. The van der Waals surface area contributed by atoms with Crippen LogP contribution in [-0.4, -0.2) is 38.3 Å². The molecule has 0 unspecified atom stereocenters. The van der Waals surface area contributed by atoms with Crippen molar-refractivity contribution >= 4 is 18.2 Å². The maximum absolute atomic E-state index is 11.9. The molecule has 2 aromatic heterocycles. The maximum Gasteiger partial charge on any atom is 0.185 e. The molecule has 2 aromatic rings. The highest BCUT2D eigenvalue weighted by Gasteiger charge is 2.43. The molecule has 3 N–H and O–H groups in total. The number of aromatic amines is 2. The zero-order chi connectivity index (χ0) is 12.4. The van der Waals surface area contributed by atoms with Crippen molar-refractivity contribution in [3.63, 3.8) is 0 Å². The molecular formula is C12H16ClN5O. The predicted octanol–water partition coefficient (Wildman–Crippen LogP) is 0.958. The molecule has 0 aliphatic heterocycles. The molecule has 2 heterocycles. The summed E-state index contributed by atoms with van der Waals surface area (Å²) >= 11 is 0. The van der Waals surface area contributed by atoms with Crippen molar-refractivity contribution < 1.29 is 4.79 Å². The molecule has 1 aliphatic rings. The first kappa shape index (κ1) is 13.8. The van der Waals surface area contributed by atoms with Crippen LogP contribution in [0, 0.1) is 5.92 Å². The van der Waals surface area contributed by atoms with Crippen LogP contribution in [0.5, 0.6) is 0 Å². The number of carbonyl (C=O) groups is 1. The van der Waals surface area contributed by atoms with E-state index in [9.17, 15) is 4.79 Å². The maximum atomic E-state index is 11.9. The van der Waals surface area contributed by atoms with E-state index in [1.54, 1.807) is 12.5 Å². The summed E-state index contributed by atoms with van der Waals surface area (Å²) in [6, 6.07) is 0.309. The van der Waals surface area contributed by atoms with Crippen LogP contribution >= 0.6 is 12.4 Å². The van der Waals surface area contributed by atoms with E-state index < -0.39 is 0 Å². The highest BCUT2D eigenvalue weighted by atomic mass is 35.5. The van der Waals surface area contributed by atoms with Crippen LogP contribution in [0.3, 0.4) is 0 Å². The summed E-state index contributed by atoms with van der Waals surface area (Å²) in [4.78, 5) is 25.7. The Morgan fingerprint density at radius 3 is 2.79 bits per heavy atom. The van der Waals surface area contributed by atoms with Crippen molar-refractivity contribution in [3.8, 4) is 0 Å². The number of hydrogen-bond acceptors (Lipinski definition) is 4. The van der Waals surface area contributed by atoms with E-state index in [0.29, 0.717) is 11.7 Å². The van der Waals surface area contributed by atoms with Gasteiger partial charge in [0.15, 0.2) is 5.78 Å². The van der Waals surface area contributed by atoms with Crippen molar-refractivity contribution in [1.29, 1.82) is 0 Å². The highest BCUT2D eigenvalue weighted by molar-refractivity contribution is 5.98. The number of imidazole rings is 2. The number of Topliss-reactive ketones (excluding diaryl/α,β-unsaturated/α-hetero) is 1. The van der Waals surface area contributed by atoms with E-state index in [4.69, 9.17) is 0 Å². The van der Waals surface area contributed by atoms with Gasteiger partial charge in [-0.1, -0.05) is 0 Å². The van der Waals surface area contributed by atoms with Crippen molar-refractivity contribution in [2.24, 2.45) is 5.92 Å². The number of nitrogens with zero attached hydrogens (tertiary/aromatic N) is 2. The summed E-state index contributed by atoms with van der Waals surface area (Å²) in [6.45, 7) is 0.861. The first-order valence-electron chi connectivity index (χ1n) is 6.08. The smallest absolute Gasteiger partial charge is 0.185 e. The fourth-order valence-corrected chi connectivity index (χ4v) is 2.11. The van der Waals surface area contributed by atoms with Gasteiger partial charge in [0.25, 0.3) is 0 Å². The second-order valence-corrected chi connectivity index (χ2v) is 4.56. The molecule has 19 heavy (non-hydrogen) atoms. The van der Waals surface area contributed by atoms with Gasteiger partial charge in [0.05, 0.1) is 18.9 Å². The Morgan fingerprint density at radius 2 is 2.11 bits per heavy atom. The largest absolute Gasteiger partial charge is 0.348 e. The molecule has 0 bridgehead atoms. The number of nitrogens with one attached hydrogen (secondary N) is 3. The van der Waals surface area contributed by atoms with Gasteiger partial charge in [-0.15, -0.1) is 12.4 Å². The Balaban J connectivity index is 0.00000133. The molecule has 0 spiro atoms. The summed E-state index contributed by atoms with van der Waals surface area (Å²) in [5.74, 6) is 0.263. The minimum Gasteiger partial charge on any atom is -0.348 e. The average molecular weight is 282 g/mol. The van der Waals surface area contributed by atoms with Crippen LogP contribution in [0.1, 0.15) is 22.6 Å². The third-order valence-corrected chi connectivity index (χ3v) is 3.25. The molecule has 0 saturated heterocycles. The van der Waals surface area contributed by atoms with Gasteiger partial charge >= 0.3 is 0 Å². The van der Waals surface area contributed by atoms with Crippen molar-refractivity contribution in [1.82, 2.24) is 25.3 Å². The Kier molecular flexibility index (Phi) is 4.34. The van der Waals surface area contributed by atoms with Crippen LogP contribution in [0.4, 0.5) is 0 Å². The highest BCUT2D eigenvalue weighted by Crippen LogP contribution is 2.33. The van der Waals surface area contributed by atoms with E-state index in [2.05, 4.69) is 25.3 Å². The number of hydrogen-bond donors (Lipinski definition) is 3. The molecule has 7 heteroatoms. The topological polar surface area (TPSA) is 86.5 Å². The van der Waals surface area contributed by atoms with Crippen LogP contribution in [0.2, 0.25) is 0 Å². The molecule has 6 nitrogen and oxygen atoms in total. The molecule has 1 fully saturated rings. The lowest BCUT2D eigenvalue weighted by Crippen LogP contribution is -2.23. The lowest BCUT2D eigenvalue weighted by molar-refractivity contribution is 0.0959. The molecule has 2 atom stereocenters. The molecule has 1 saturated carbocycles. The number of halogens is 1. The molecule has 102 valence electrons. The lowest BCUT2D eigenvalue weighted by Gasteiger charge is -2.02. The average Bonchev–Trinajstić information content (AvgIpc) is 2.85. The number of ketones is 1. The molecule has 3 rings (SSSR count). The third-order valence-electron chi connectivity index (χ3n) is 3.25. The zero-order valence-electron chi connectivity index (χ0n) is 10.3. The van der Waals surface area contributed by atoms with Crippen LogP contribution in [0.15, 0.2) is 25.0 Å². The molecular weight excluding hydrogens is 266 g/mol. The first-order chi connectivity index (χ1) is 8.84. The number of H-pyrrole nitrogens is 2. The number of carbonyl (C=O) groups excluding carboxylic acids is 1. The monoisotopic (exact) mass is 281 g/mol. The molecule has 0 amide bonds. The summed E-state index contributed by atoms with van der Waals surface area (Å²) in [5.41, 5.74) is 1.72. The fourth-order valence-electron chi connectivity index (χ4n) is 2.11. The van der Waals surface area contributed by atoms with Gasteiger partial charge < -0.3 is 15.3 Å². The minimum absolute atomic E-state index is 0.